The predicted octanol–water partition coefficient (Wildman–Crippen LogP) is 2.88. The molecule has 1 aliphatic rings. The molecular weight excluding hydrogens is 516 g/mol. The van der Waals surface area contributed by atoms with Crippen molar-refractivity contribution in [1.82, 2.24) is 10.3 Å². The largest absolute Gasteiger partial charge is 0.433 e. The number of carbonyl (C=O) groups excluding carboxylic acids is 1. The van der Waals surface area contributed by atoms with E-state index in [0.29, 0.717) is 19.4 Å². The highest BCUT2D eigenvalue weighted by Gasteiger charge is 2.35. The van der Waals surface area contributed by atoms with Crippen molar-refractivity contribution in [2.45, 2.75) is 31.6 Å². The zero-order chi connectivity index (χ0) is 27.4. The molecule has 0 bridgehead atoms. The van der Waals surface area contributed by atoms with Gasteiger partial charge in [-0.3, -0.25) is 9.52 Å². The van der Waals surface area contributed by atoms with E-state index >= 15 is 0 Å². The molecule has 0 aliphatic carbocycles. The number of carbonyl (C=O) groups is 1. The molecule has 37 heavy (non-hydrogen) atoms. The molecule has 8 nitrogen and oxygen atoms in total. The van der Waals surface area contributed by atoms with Gasteiger partial charge in [0, 0.05) is 24.7 Å². The van der Waals surface area contributed by atoms with Crippen molar-refractivity contribution < 1.29 is 35.9 Å². The Balaban J connectivity index is 1.79. The van der Waals surface area contributed by atoms with E-state index < -0.39 is 39.7 Å². The molecule has 3 N–H and O–H groups in total. The summed E-state index contributed by atoms with van der Waals surface area (Å²) in [4.78, 5) is 17.7. The van der Waals surface area contributed by atoms with Gasteiger partial charge in [-0.1, -0.05) is 5.92 Å². The van der Waals surface area contributed by atoms with Crippen LogP contribution in [0.4, 0.5) is 29.1 Å². The van der Waals surface area contributed by atoms with E-state index in [1.807, 2.05) is 4.72 Å². The van der Waals surface area contributed by atoms with Crippen LogP contribution in [0, 0.1) is 18.2 Å². The first-order valence-electron chi connectivity index (χ1n) is 11.0. The van der Waals surface area contributed by atoms with Gasteiger partial charge in [0.05, 0.1) is 30.2 Å². The van der Waals surface area contributed by atoms with Gasteiger partial charge in [0.1, 0.15) is 17.3 Å². The van der Waals surface area contributed by atoms with Crippen LogP contribution in [-0.2, 0) is 27.5 Å². The predicted molar refractivity (Wildman–Crippen MR) is 130 cm³/mol. The number of pyridine rings is 1. The van der Waals surface area contributed by atoms with Crippen LogP contribution in [-0.4, -0.2) is 49.9 Å². The van der Waals surface area contributed by atoms with Gasteiger partial charge in [-0.15, -0.1) is 6.42 Å². The molecule has 13 heteroatoms. The molecule has 2 heterocycles. The van der Waals surface area contributed by atoms with Gasteiger partial charge in [-0.25, -0.2) is 17.8 Å². The van der Waals surface area contributed by atoms with Gasteiger partial charge in [-0.05, 0) is 48.7 Å². The van der Waals surface area contributed by atoms with E-state index in [1.54, 1.807) is 4.90 Å². The number of aliphatic hydroxyl groups excluding tert-OH is 1. The summed E-state index contributed by atoms with van der Waals surface area (Å²) in [5, 5.41) is 12.1. The van der Waals surface area contributed by atoms with E-state index in [9.17, 15) is 35.9 Å². The topological polar surface area (TPSA) is 112 Å². The standard InChI is InChI=1S/C24H24F4N4O4S/c1-3-16-11-15(12-19(25)22(16)31-37(2,35)36)13-29-21(34)9-7-17-6-8-20(24(26,27)28)30-23(17)32-10-4-5-18(32)14-33/h1,6-9,11-12,18,31,33H,4-5,10,13-14H2,2H3,(H,29,34). The monoisotopic (exact) mass is 540 g/mol. The van der Waals surface area contributed by atoms with Gasteiger partial charge >= 0.3 is 6.18 Å². The zero-order valence-corrected chi connectivity index (χ0v) is 20.5. The number of amides is 1. The van der Waals surface area contributed by atoms with Crippen LogP contribution in [0.15, 0.2) is 30.3 Å². The Kier molecular flexibility index (Phi) is 8.45. The summed E-state index contributed by atoms with van der Waals surface area (Å²) in [6.07, 6.45) is 5.19. The van der Waals surface area contributed by atoms with E-state index in [2.05, 4.69) is 16.2 Å². The smallest absolute Gasteiger partial charge is 0.394 e. The minimum absolute atomic E-state index is 0.00474. The van der Waals surface area contributed by atoms with Crippen LogP contribution in [0.2, 0.25) is 0 Å². The quantitative estimate of drug-likeness (QED) is 0.270. The number of rotatable bonds is 8. The van der Waals surface area contributed by atoms with E-state index in [1.165, 1.54) is 18.2 Å². The number of benzene rings is 1. The fourth-order valence-corrected chi connectivity index (χ4v) is 4.44. The first kappa shape index (κ1) is 27.9. The molecule has 1 atom stereocenters. The second-order valence-electron chi connectivity index (χ2n) is 8.35. The summed E-state index contributed by atoms with van der Waals surface area (Å²) in [7, 11) is -3.78. The molecule has 1 saturated heterocycles. The summed E-state index contributed by atoms with van der Waals surface area (Å²) in [6, 6.07) is 3.96. The summed E-state index contributed by atoms with van der Waals surface area (Å²) < 4.78 is 79.0. The third kappa shape index (κ3) is 7.21. The third-order valence-electron chi connectivity index (χ3n) is 5.53. The Bertz CT molecular complexity index is 1350. The molecule has 1 amide bonds. The molecule has 0 saturated carbocycles. The highest BCUT2D eigenvalue weighted by atomic mass is 32.2. The van der Waals surface area contributed by atoms with Crippen molar-refractivity contribution in [2.24, 2.45) is 0 Å². The Hall–Kier alpha value is -3.63. The van der Waals surface area contributed by atoms with E-state index in [4.69, 9.17) is 6.42 Å². The molecule has 1 aromatic carbocycles. The van der Waals surface area contributed by atoms with Crippen LogP contribution in [0.1, 0.15) is 35.2 Å². The number of hydrogen-bond acceptors (Lipinski definition) is 6. The van der Waals surface area contributed by atoms with Crippen molar-refractivity contribution in [1.29, 1.82) is 0 Å². The number of aliphatic hydroxyl groups is 1. The van der Waals surface area contributed by atoms with Crippen LogP contribution < -0.4 is 14.9 Å². The lowest BCUT2D eigenvalue weighted by molar-refractivity contribution is -0.141. The lowest BCUT2D eigenvalue weighted by atomic mass is 10.1. The van der Waals surface area contributed by atoms with Gasteiger partial charge < -0.3 is 15.3 Å². The molecule has 0 spiro atoms. The fraction of sp³-hybridized carbons (Fsp3) is 0.333. The maximum Gasteiger partial charge on any atom is 0.433 e. The zero-order valence-electron chi connectivity index (χ0n) is 19.6. The summed E-state index contributed by atoms with van der Waals surface area (Å²) in [5.74, 6) is 0.633. The number of sulfonamides is 1. The molecule has 198 valence electrons. The lowest BCUT2D eigenvalue weighted by Crippen LogP contribution is -2.33. The van der Waals surface area contributed by atoms with Gasteiger partial charge in [0.15, 0.2) is 0 Å². The second-order valence-corrected chi connectivity index (χ2v) is 10.1. The maximum atomic E-state index is 14.4. The van der Waals surface area contributed by atoms with Crippen LogP contribution >= 0.6 is 0 Å². The first-order valence-corrected chi connectivity index (χ1v) is 12.9. The van der Waals surface area contributed by atoms with Crippen LogP contribution in [0.3, 0.4) is 0 Å². The number of terminal acetylenes is 1. The summed E-state index contributed by atoms with van der Waals surface area (Å²) in [6.45, 7) is -0.0130. The van der Waals surface area contributed by atoms with Crippen molar-refractivity contribution in [3.8, 4) is 12.3 Å². The molecule has 0 radical (unpaired) electrons. The van der Waals surface area contributed by atoms with Crippen molar-refractivity contribution in [3.05, 3.63) is 58.5 Å². The molecule has 1 aliphatic heterocycles. The Labute approximate surface area is 211 Å². The molecule has 1 unspecified atom stereocenters. The number of aromatic nitrogens is 1. The van der Waals surface area contributed by atoms with Crippen molar-refractivity contribution in [3.63, 3.8) is 0 Å². The fourth-order valence-electron chi connectivity index (χ4n) is 3.86. The molecule has 1 aromatic heterocycles. The Morgan fingerprint density at radius 3 is 2.70 bits per heavy atom. The number of anilines is 2. The molecule has 3 rings (SSSR count). The van der Waals surface area contributed by atoms with Crippen LogP contribution in [0.25, 0.3) is 6.08 Å². The molecular formula is C24H24F4N4O4S. The Morgan fingerprint density at radius 1 is 1.35 bits per heavy atom. The van der Waals surface area contributed by atoms with Gasteiger partial charge in [0.2, 0.25) is 15.9 Å². The van der Waals surface area contributed by atoms with Gasteiger partial charge in [-0.2, -0.15) is 13.2 Å². The highest BCUT2D eigenvalue weighted by Crippen LogP contribution is 2.33. The summed E-state index contributed by atoms with van der Waals surface area (Å²) >= 11 is 0. The summed E-state index contributed by atoms with van der Waals surface area (Å²) in [5.41, 5.74) is -1.03. The maximum absolute atomic E-state index is 14.4. The van der Waals surface area contributed by atoms with E-state index in [0.717, 1.165) is 24.5 Å². The van der Waals surface area contributed by atoms with Crippen molar-refractivity contribution >= 4 is 33.5 Å². The molecule has 1 fully saturated rings. The third-order valence-corrected chi connectivity index (χ3v) is 6.10. The number of alkyl halides is 3. The minimum atomic E-state index is -4.66. The normalized spacial score (nSPS) is 16.1. The molecule has 2 aromatic rings. The lowest BCUT2D eigenvalue weighted by Gasteiger charge is -2.26. The van der Waals surface area contributed by atoms with E-state index in [-0.39, 0.29) is 41.3 Å². The second kappa shape index (κ2) is 11.2. The number of hydrogen-bond donors (Lipinski definition) is 3. The highest BCUT2D eigenvalue weighted by molar-refractivity contribution is 7.92. The number of nitrogens with zero attached hydrogens (tertiary/aromatic N) is 2. The average molecular weight is 541 g/mol. The van der Waals surface area contributed by atoms with Crippen molar-refractivity contribution in [2.75, 3.05) is 29.0 Å². The van der Waals surface area contributed by atoms with Gasteiger partial charge in [0.25, 0.3) is 0 Å². The average Bonchev–Trinajstić information content (AvgIpc) is 3.30. The first-order chi connectivity index (χ1) is 17.3. The Morgan fingerprint density at radius 2 is 2.08 bits per heavy atom. The van der Waals surface area contributed by atoms with Crippen LogP contribution in [0.5, 0.6) is 0 Å². The number of nitrogens with one attached hydrogen (secondary N) is 2. The minimum Gasteiger partial charge on any atom is -0.394 e. The SMILES string of the molecule is C#Cc1cc(CNC(=O)C=Cc2ccc(C(F)(F)F)nc2N2CCCC2CO)cc(F)c1NS(C)(=O)=O. The number of halogens is 4.